The fourth-order valence-electron chi connectivity index (χ4n) is 6.29. The summed E-state index contributed by atoms with van der Waals surface area (Å²) in [5, 5.41) is 17.5. The molecule has 13 nitrogen and oxygen atoms in total. The number of aliphatic hydroxyl groups excluding tert-OH is 1. The summed E-state index contributed by atoms with van der Waals surface area (Å²) in [6, 6.07) is 6.69. The number of amides is 2. The van der Waals surface area contributed by atoms with Gasteiger partial charge in [-0.3, -0.25) is 14.4 Å². The molecule has 284 valence electrons. The molecular formula is C39H54N4O9. The van der Waals surface area contributed by atoms with E-state index in [0.717, 1.165) is 0 Å². The van der Waals surface area contributed by atoms with Crippen LogP contribution in [0.25, 0.3) is 5.57 Å². The van der Waals surface area contributed by atoms with Gasteiger partial charge in [0.2, 0.25) is 11.6 Å². The Bertz CT molecular complexity index is 1620. The van der Waals surface area contributed by atoms with Crippen molar-refractivity contribution in [2.75, 3.05) is 48.5 Å². The largest absolute Gasteiger partial charge is 0.497 e. The standard InChI is InChI=1S/C39H54N4O9/c1-22-19-28-32(41-17-18-43(5)6)36(46)31(26-13-15-27(49-7)16-14-26)33(35(28)45)42-38(47)23(2)11-10-12-29(50-8)37(52-39(40)48)25(4)21-24(3)34(44)30(20-22)51-9/h10-16,21-22,24,29-30,34,37,41,44H,17-20H2,1-9H3,(H2,40,48)(H,42,47)/b12-10-,23-11+,25-21+/t22-,24+,29-,30+,34-,37+/m1/s1. The molecule has 0 saturated carbocycles. The van der Waals surface area contributed by atoms with Crippen LogP contribution in [0.1, 0.15) is 46.1 Å². The number of likely N-dealkylation sites (N-methyl/N-ethyl adjacent to an activating group) is 1. The Kier molecular flexibility index (Phi) is 15.6. The fourth-order valence-corrected chi connectivity index (χ4v) is 6.29. The molecule has 5 N–H and O–H groups in total. The Morgan fingerprint density at radius 3 is 2.29 bits per heavy atom. The first-order valence-corrected chi connectivity index (χ1v) is 17.3. The Balaban J connectivity index is 2.25. The molecule has 1 aliphatic heterocycles. The van der Waals surface area contributed by atoms with Crippen LogP contribution in [0.4, 0.5) is 4.79 Å². The van der Waals surface area contributed by atoms with Gasteiger partial charge in [-0.1, -0.05) is 50.3 Å². The maximum absolute atomic E-state index is 14.6. The number of hydrogen-bond acceptors (Lipinski definition) is 11. The number of benzene rings is 1. The minimum atomic E-state index is -1.01. The van der Waals surface area contributed by atoms with Gasteiger partial charge in [0.15, 0.2) is 6.10 Å². The molecule has 0 aromatic heterocycles. The first kappa shape index (κ1) is 41.9. The fraction of sp³-hybridized carbons (Fsp3) is 0.487. The number of ether oxygens (including phenoxy) is 4. The first-order chi connectivity index (χ1) is 24.6. The number of rotatable bonds is 9. The number of carbonyl (C=O) groups excluding carboxylic acids is 4. The van der Waals surface area contributed by atoms with Gasteiger partial charge < -0.3 is 45.3 Å². The summed E-state index contributed by atoms with van der Waals surface area (Å²) in [6.07, 6.45) is 2.51. The molecule has 0 fully saturated rings. The topological polar surface area (TPSA) is 179 Å². The Morgan fingerprint density at radius 1 is 1.04 bits per heavy atom. The van der Waals surface area contributed by atoms with Crippen molar-refractivity contribution in [2.45, 2.75) is 65.0 Å². The van der Waals surface area contributed by atoms with E-state index in [2.05, 4.69) is 10.6 Å². The smallest absolute Gasteiger partial charge is 0.405 e. The minimum absolute atomic E-state index is 0.0467. The summed E-state index contributed by atoms with van der Waals surface area (Å²) in [5.74, 6) is -1.70. The van der Waals surface area contributed by atoms with Crippen molar-refractivity contribution in [3.63, 3.8) is 0 Å². The lowest BCUT2D eigenvalue weighted by molar-refractivity contribution is -0.120. The maximum Gasteiger partial charge on any atom is 0.405 e. The van der Waals surface area contributed by atoms with Crippen LogP contribution in [-0.4, -0.2) is 107 Å². The summed E-state index contributed by atoms with van der Waals surface area (Å²) < 4.78 is 22.2. The van der Waals surface area contributed by atoms with E-state index in [0.29, 0.717) is 36.4 Å². The third-order valence-electron chi connectivity index (χ3n) is 9.19. The van der Waals surface area contributed by atoms with E-state index < -0.39 is 53.9 Å². The number of Topliss-reactive ketones (excluding diaryl/α,β-unsaturated/α-hetero) is 2. The summed E-state index contributed by atoms with van der Waals surface area (Å²) in [5.41, 5.74) is 6.94. The van der Waals surface area contributed by atoms with Gasteiger partial charge in [0.25, 0.3) is 5.91 Å². The number of fused-ring (bicyclic) bond motifs is 2. The molecule has 0 saturated heterocycles. The lowest BCUT2D eigenvalue weighted by Gasteiger charge is -2.30. The molecule has 1 heterocycles. The Morgan fingerprint density at radius 2 is 1.71 bits per heavy atom. The van der Waals surface area contributed by atoms with Gasteiger partial charge in [-0.2, -0.15) is 0 Å². The molecule has 0 unspecified atom stereocenters. The molecule has 1 aliphatic carbocycles. The number of nitrogens with zero attached hydrogens (tertiary/aromatic N) is 1. The number of nitrogens with two attached hydrogens (primary N) is 1. The molecule has 1 aromatic carbocycles. The van der Waals surface area contributed by atoms with E-state index in [4.69, 9.17) is 24.7 Å². The third-order valence-corrected chi connectivity index (χ3v) is 9.19. The number of aliphatic hydroxyl groups is 1. The molecule has 0 radical (unpaired) electrons. The van der Waals surface area contributed by atoms with E-state index in [1.54, 1.807) is 56.3 Å². The number of nitrogens with one attached hydrogen (secondary N) is 2. The van der Waals surface area contributed by atoms with E-state index in [9.17, 15) is 24.3 Å². The highest BCUT2D eigenvalue weighted by Crippen LogP contribution is 2.35. The average Bonchev–Trinajstić information content (AvgIpc) is 3.10. The number of allylic oxidation sites excluding steroid dienone is 4. The second-order valence-corrected chi connectivity index (χ2v) is 13.5. The van der Waals surface area contributed by atoms with Gasteiger partial charge in [-0.05, 0) is 70.0 Å². The van der Waals surface area contributed by atoms with Gasteiger partial charge in [0.1, 0.15) is 17.6 Å². The molecule has 0 spiro atoms. The van der Waals surface area contributed by atoms with E-state index in [1.165, 1.54) is 27.4 Å². The quantitative estimate of drug-likeness (QED) is 0.217. The lowest BCUT2D eigenvalue weighted by Crippen LogP contribution is -2.40. The predicted octanol–water partition coefficient (Wildman–Crippen LogP) is 3.45. The molecule has 2 amide bonds. The average molecular weight is 723 g/mol. The highest BCUT2D eigenvalue weighted by atomic mass is 16.6. The zero-order chi connectivity index (χ0) is 38.7. The van der Waals surface area contributed by atoms with Crippen LogP contribution in [0.15, 0.2) is 76.7 Å². The van der Waals surface area contributed by atoms with Crippen LogP contribution in [0.5, 0.6) is 5.75 Å². The van der Waals surface area contributed by atoms with Crippen LogP contribution in [0, 0.1) is 11.8 Å². The predicted molar refractivity (Wildman–Crippen MR) is 198 cm³/mol. The molecule has 1 aromatic rings. The SMILES string of the molecule is COc1ccc(C2=C3NC(=O)/C(C)=C/C=C\[C@@H](OC)[C@@H](OC(N)=O)/C(C)=C/[C@H](C)[C@@H](O)[C@@H](OC)C[C@H](C)CC(=C(NCCN(C)C)C2=O)C3=O)cc1. The molecule has 6 atom stereocenters. The highest BCUT2D eigenvalue weighted by Gasteiger charge is 2.38. The zero-order valence-corrected chi connectivity index (χ0v) is 31.6. The number of methoxy groups -OCH3 is 3. The minimum Gasteiger partial charge on any atom is -0.497 e. The summed E-state index contributed by atoms with van der Waals surface area (Å²) in [6.45, 7) is 8.01. The molecule has 3 rings (SSSR count). The van der Waals surface area contributed by atoms with Gasteiger partial charge >= 0.3 is 6.09 Å². The third kappa shape index (κ3) is 10.7. The Hall–Kier alpha value is -4.56. The van der Waals surface area contributed by atoms with Crippen LogP contribution < -0.4 is 21.1 Å². The van der Waals surface area contributed by atoms with E-state index in [-0.39, 0.29) is 40.5 Å². The normalized spacial score (nSPS) is 28.1. The van der Waals surface area contributed by atoms with Gasteiger partial charge in [0.05, 0.1) is 30.6 Å². The van der Waals surface area contributed by atoms with Gasteiger partial charge in [-0.25, -0.2) is 4.79 Å². The number of primary amides is 1. The van der Waals surface area contributed by atoms with Gasteiger partial charge in [0, 0.05) is 44.4 Å². The number of hydrogen-bond donors (Lipinski definition) is 4. The van der Waals surface area contributed by atoms with E-state index >= 15 is 0 Å². The van der Waals surface area contributed by atoms with Crippen LogP contribution in [0.2, 0.25) is 0 Å². The molecular weight excluding hydrogens is 668 g/mol. The van der Waals surface area contributed by atoms with Crippen LogP contribution in [-0.2, 0) is 28.6 Å². The Labute approximate surface area is 306 Å². The number of ketones is 2. The van der Waals surface area contributed by atoms with Crippen molar-refractivity contribution in [3.8, 4) is 5.75 Å². The van der Waals surface area contributed by atoms with Crippen molar-refractivity contribution in [1.82, 2.24) is 15.5 Å². The van der Waals surface area contributed by atoms with E-state index in [1.807, 2.05) is 32.8 Å². The molecule has 52 heavy (non-hydrogen) atoms. The maximum atomic E-state index is 14.6. The second-order valence-electron chi connectivity index (χ2n) is 13.5. The second kappa shape index (κ2) is 19.3. The van der Waals surface area contributed by atoms with Crippen molar-refractivity contribution in [2.24, 2.45) is 17.6 Å². The highest BCUT2D eigenvalue weighted by molar-refractivity contribution is 6.39. The van der Waals surface area contributed by atoms with Crippen LogP contribution >= 0.6 is 0 Å². The number of carbonyl (C=O) groups is 4. The molecule has 13 heteroatoms. The molecule has 2 bridgehead atoms. The van der Waals surface area contributed by atoms with Crippen molar-refractivity contribution >= 4 is 29.1 Å². The van der Waals surface area contributed by atoms with Crippen molar-refractivity contribution < 1.29 is 43.2 Å². The lowest BCUT2D eigenvalue weighted by atomic mass is 9.81. The van der Waals surface area contributed by atoms with Crippen LogP contribution in [0.3, 0.4) is 0 Å². The summed E-state index contributed by atoms with van der Waals surface area (Å²) in [7, 11) is 8.27. The van der Waals surface area contributed by atoms with Crippen molar-refractivity contribution in [1.29, 1.82) is 0 Å². The van der Waals surface area contributed by atoms with Gasteiger partial charge in [-0.15, -0.1) is 0 Å². The summed E-state index contributed by atoms with van der Waals surface area (Å²) in [4.78, 5) is 56.7. The first-order valence-electron chi connectivity index (χ1n) is 17.3. The zero-order valence-electron chi connectivity index (χ0n) is 31.6. The summed E-state index contributed by atoms with van der Waals surface area (Å²) >= 11 is 0. The van der Waals surface area contributed by atoms with Crippen molar-refractivity contribution in [3.05, 3.63) is 82.2 Å². The molecule has 2 aliphatic rings. The monoisotopic (exact) mass is 722 g/mol.